The van der Waals surface area contributed by atoms with E-state index in [0.717, 1.165) is 37.1 Å². The van der Waals surface area contributed by atoms with Gasteiger partial charge < -0.3 is 10.5 Å². The molecule has 1 aromatic rings. The maximum absolute atomic E-state index is 6.24. The number of hydrogen-bond acceptors (Lipinski definition) is 3. The van der Waals surface area contributed by atoms with Crippen LogP contribution in [-0.4, -0.2) is 10.6 Å². The molecular formula is C13H18N2O. The number of pyridine rings is 1. The maximum atomic E-state index is 6.24. The zero-order valence-corrected chi connectivity index (χ0v) is 9.70. The van der Waals surface area contributed by atoms with Crippen molar-refractivity contribution in [2.75, 3.05) is 0 Å². The summed E-state index contributed by atoms with van der Waals surface area (Å²) in [5, 5.41) is 0. The molecule has 0 bridgehead atoms. The Kier molecular flexibility index (Phi) is 2.18. The van der Waals surface area contributed by atoms with E-state index in [1.54, 1.807) is 0 Å². The van der Waals surface area contributed by atoms with Crippen LogP contribution < -0.4 is 10.5 Å². The summed E-state index contributed by atoms with van der Waals surface area (Å²) in [5.74, 6) is 0.774. The molecule has 1 spiro atoms. The van der Waals surface area contributed by atoms with Crippen LogP contribution in [0.3, 0.4) is 0 Å². The van der Waals surface area contributed by atoms with Gasteiger partial charge in [0.1, 0.15) is 5.60 Å². The summed E-state index contributed by atoms with van der Waals surface area (Å²) in [6.45, 7) is 2.13. The van der Waals surface area contributed by atoms with Crippen molar-refractivity contribution in [1.29, 1.82) is 0 Å². The lowest BCUT2D eigenvalue weighted by atomic mass is 9.73. The molecule has 2 heterocycles. The van der Waals surface area contributed by atoms with Gasteiger partial charge in [0.2, 0.25) is 5.88 Å². The third-order valence-electron chi connectivity index (χ3n) is 3.91. The van der Waals surface area contributed by atoms with E-state index in [1.165, 1.54) is 12.0 Å². The lowest BCUT2D eigenvalue weighted by Crippen LogP contribution is -2.48. The molecule has 1 atom stereocenters. The van der Waals surface area contributed by atoms with Crippen LogP contribution in [0.1, 0.15) is 49.8 Å². The summed E-state index contributed by atoms with van der Waals surface area (Å²) in [4.78, 5) is 4.42. The van der Waals surface area contributed by atoms with Crippen LogP contribution in [0.5, 0.6) is 5.88 Å². The monoisotopic (exact) mass is 218 g/mol. The maximum Gasteiger partial charge on any atom is 0.218 e. The van der Waals surface area contributed by atoms with Gasteiger partial charge in [-0.15, -0.1) is 0 Å². The number of fused-ring (bicyclic) bond motifs is 1. The Morgan fingerprint density at radius 2 is 2.38 bits per heavy atom. The summed E-state index contributed by atoms with van der Waals surface area (Å²) in [6, 6.07) is 2.25. The number of aromatic nitrogens is 1. The topological polar surface area (TPSA) is 48.1 Å². The normalized spacial score (nSPS) is 25.8. The molecule has 2 N–H and O–H groups in total. The smallest absolute Gasteiger partial charge is 0.218 e. The second kappa shape index (κ2) is 3.45. The number of aryl methyl sites for hydroxylation is 1. The summed E-state index contributed by atoms with van der Waals surface area (Å²) < 4.78 is 6.03. The van der Waals surface area contributed by atoms with Gasteiger partial charge in [-0.2, -0.15) is 0 Å². The zero-order chi connectivity index (χ0) is 11.2. The van der Waals surface area contributed by atoms with Crippen LogP contribution in [0, 0.1) is 0 Å². The molecule has 2 aliphatic rings. The van der Waals surface area contributed by atoms with E-state index in [0.29, 0.717) is 0 Å². The minimum Gasteiger partial charge on any atom is -0.471 e. The third kappa shape index (κ3) is 1.42. The highest BCUT2D eigenvalue weighted by Gasteiger charge is 2.45. The van der Waals surface area contributed by atoms with Gasteiger partial charge in [0, 0.05) is 24.2 Å². The van der Waals surface area contributed by atoms with E-state index >= 15 is 0 Å². The third-order valence-corrected chi connectivity index (χ3v) is 3.91. The van der Waals surface area contributed by atoms with E-state index in [-0.39, 0.29) is 11.6 Å². The van der Waals surface area contributed by atoms with Gasteiger partial charge in [0.05, 0.1) is 0 Å². The first kappa shape index (κ1) is 10.1. The fraction of sp³-hybridized carbons (Fsp3) is 0.615. The first-order chi connectivity index (χ1) is 7.72. The standard InChI is InChI=1S/C13H18N2O/c1-2-9-6-10-11(14)7-13(4-3-5-13)16-12(10)15-8-9/h6,8,11H,2-5,7,14H2,1H3/t11-/m0/s1. The van der Waals surface area contributed by atoms with E-state index in [9.17, 15) is 0 Å². The summed E-state index contributed by atoms with van der Waals surface area (Å²) in [6.07, 6.45) is 7.39. The second-order valence-corrected chi connectivity index (χ2v) is 5.04. The molecule has 0 amide bonds. The molecule has 0 radical (unpaired) electrons. The first-order valence-corrected chi connectivity index (χ1v) is 6.16. The van der Waals surface area contributed by atoms with Crippen molar-refractivity contribution in [3.63, 3.8) is 0 Å². The Bertz CT molecular complexity index is 412. The summed E-state index contributed by atoms with van der Waals surface area (Å²) >= 11 is 0. The first-order valence-electron chi connectivity index (χ1n) is 6.16. The van der Waals surface area contributed by atoms with Gasteiger partial charge in [-0.3, -0.25) is 0 Å². The Labute approximate surface area is 96.0 Å². The predicted octanol–water partition coefficient (Wildman–Crippen LogP) is 2.35. The number of nitrogens with zero attached hydrogens (tertiary/aromatic N) is 1. The molecule has 1 aliphatic heterocycles. The number of hydrogen-bond donors (Lipinski definition) is 1. The van der Waals surface area contributed by atoms with Crippen LogP contribution in [0.25, 0.3) is 0 Å². The van der Waals surface area contributed by atoms with Crippen molar-refractivity contribution in [2.24, 2.45) is 5.73 Å². The van der Waals surface area contributed by atoms with Crippen molar-refractivity contribution >= 4 is 0 Å². The quantitative estimate of drug-likeness (QED) is 0.787. The fourth-order valence-corrected chi connectivity index (χ4v) is 2.69. The minimum atomic E-state index is 0.0210. The second-order valence-electron chi connectivity index (χ2n) is 5.04. The van der Waals surface area contributed by atoms with Crippen LogP contribution in [0.15, 0.2) is 12.3 Å². The van der Waals surface area contributed by atoms with Gasteiger partial charge in [-0.25, -0.2) is 4.98 Å². The van der Waals surface area contributed by atoms with Gasteiger partial charge in [-0.1, -0.05) is 6.92 Å². The van der Waals surface area contributed by atoms with Gasteiger partial charge in [0.15, 0.2) is 0 Å². The zero-order valence-electron chi connectivity index (χ0n) is 9.70. The van der Waals surface area contributed by atoms with Crippen molar-refractivity contribution in [2.45, 2.75) is 50.7 Å². The number of nitrogens with two attached hydrogens (primary N) is 1. The Morgan fingerprint density at radius 3 is 3.00 bits per heavy atom. The molecule has 3 nitrogen and oxygen atoms in total. The average Bonchev–Trinajstić information content (AvgIpc) is 2.26. The molecule has 3 rings (SSSR count). The molecule has 3 heteroatoms. The molecule has 0 saturated heterocycles. The molecule has 1 saturated carbocycles. The molecular weight excluding hydrogens is 200 g/mol. The number of ether oxygens (including phenoxy) is 1. The Balaban J connectivity index is 1.97. The molecule has 0 aromatic carbocycles. The van der Waals surface area contributed by atoms with E-state index in [4.69, 9.17) is 10.5 Å². The largest absolute Gasteiger partial charge is 0.471 e. The molecule has 0 unspecified atom stereocenters. The van der Waals surface area contributed by atoms with Crippen molar-refractivity contribution in [3.8, 4) is 5.88 Å². The average molecular weight is 218 g/mol. The van der Waals surface area contributed by atoms with E-state index in [1.807, 2.05) is 6.20 Å². The molecule has 16 heavy (non-hydrogen) atoms. The Morgan fingerprint density at radius 1 is 1.56 bits per heavy atom. The minimum absolute atomic E-state index is 0.0210. The van der Waals surface area contributed by atoms with Crippen LogP contribution in [0.4, 0.5) is 0 Å². The van der Waals surface area contributed by atoms with Gasteiger partial charge >= 0.3 is 0 Å². The molecule has 1 fully saturated rings. The van der Waals surface area contributed by atoms with Crippen molar-refractivity contribution in [1.82, 2.24) is 4.98 Å². The lowest BCUT2D eigenvalue weighted by Gasteiger charge is -2.46. The van der Waals surface area contributed by atoms with Gasteiger partial charge in [-0.05, 0) is 37.3 Å². The fourth-order valence-electron chi connectivity index (χ4n) is 2.69. The molecule has 86 valence electrons. The predicted molar refractivity (Wildman–Crippen MR) is 62.4 cm³/mol. The summed E-state index contributed by atoms with van der Waals surface area (Å²) in [5.41, 5.74) is 8.59. The summed E-state index contributed by atoms with van der Waals surface area (Å²) in [7, 11) is 0. The van der Waals surface area contributed by atoms with Gasteiger partial charge in [0.25, 0.3) is 0 Å². The van der Waals surface area contributed by atoms with Crippen LogP contribution >= 0.6 is 0 Å². The molecule has 1 aromatic heterocycles. The van der Waals surface area contributed by atoms with Crippen molar-refractivity contribution < 1.29 is 4.74 Å². The van der Waals surface area contributed by atoms with E-state index in [2.05, 4.69) is 18.0 Å². The van der Waals surface area contributed by atoms with Crippen LogP contribution in [-0.2, 0) is 6.42 Å². The number of rotatable bonds is 1. The highest BCUT2D eigenvalue weighted by molar-refractivity contribution is 5.36. The van der Waals surface area contributed by atoms with Crippen molar-refractivity contribution in [3.05, 3.63) is 23.4 Å². The van der Waals surface area contributed by atoms with E-state index < -0.39 is 0 Å². The molecule has 1 aliphatic carbocycles. The SMILES string of the molecule is CCc1cnc2c(c1)[C@@H](N)CC1(CCC1)O2. The highest BCUT2D eigenvalue weighted by atomic mass is 16.5. The lowest BCUT2D eigenvalue weighted by molar-refractivity contribution is -0.0369. The van der Waals surface area contributed by atoms with Crippen LogP contribution in [0.2, 0.25) is 0 Å². The highest BCUT2D eigenvalue weighted by Crippen LogP contribution is 2.47. The Hall–Kier alpha value is -1.09.